The maximum Gasteiger partial charge on any atom is 0.225 e. The molecule has 2 unspecified atom stereocenters. The minimum atomic E-state index is -0.614. The molecule has 0 radical (unpaired) electrons. The maximum atomic E-state index is 7.17. The van der Waals surface area contributed by atoms with Gasteiger partial charge in [0.15, 0.2) is 0 Å². The normalized spacial score (nSPS) is 23.8. The van der Waals surface area contributed by atoms with Crippen LogP contribution >= 0.6 is 11.6 Å². The zero-order valence-corrected chi connectivity index (χ0v) is 21.8. The van der Waals surface area contributed by atoms with E-state index in [0.717, 1.165) is 43.1 Å². The third-order valence-electron chi connectivity index (χ3n) is 8.29. The van der Waals surface area contributed by atoms with Gasteiger partial charge in [0, 0.05) is 54.9 Å². The van der Waals surface area contributed by atoms with Crippen molar-refractivity contribution in [2.24, 2.45) is 0 Å². The van der Waals surface area contributed by atoms with Crippen molar-refractivity contribution in [3.8, 4) is 5.69 Å². The Morgan fingerprint density at radius 2 is 1.94 bits per heavy atom. The Bertz CT molecular complexity index is 1560. The minimum Gasteiger partial charge on any atom is -0.363 e. The number of H-pyrrole nitrogens is 1. The summed E-state index contributed by atoms with van der Waals surface area (Å²) in [7, 11) is 0. The van der Waals surface area contributed by atoms with Gasteiger partial charge in [-0.3, -0.25) is 0 Å². The molecule has 3 aliphatic rings. The summed E-state index contributed by atoms with van der Waals surface area (Å²) in [6, 6.07) is 8.83. The molecule has 36 heavy (non-hydrogen) atoms. The molecular weight excluding hydrogens is 468 g/mol. The Morgan fingerprint density at radius 3 is 2.72 bits per heavy atom. The van der Waals surface area contributed by atoms with E-state index in [-0.39, 0.29) is 5.41 Å². The molecule has 4 aromatic rings. The van der Waals surface area contributed by atoms with Crippen molar-refractivity contribution < 1.29 is 0 Å². The highest BCUT2D eigenvalue weighted by molar-refractivity contribution is 6.26. The number of nitrogens with one attached hydrogen (secondary N) is 1. The number of nitrogens with zero attached hydrogens (tertiary/aromatic N) is 5. The van der Waals surface area contributed by atoms with Gasteiger partial charge in [0.25, 0.3) is 0 Å². The lowest BCUT2D eigenvalue weighted by molar-refractivity contribution is 0.598. The molecule has 5 heterocycles. The number of hydrogen-bond acceptors (Lipinski definition) is 4. The Labute approximate surface area is 216 Å². The van der Waals surface area contributed by atoms with Gasteiger partial charge >= 0.3 is 0 Å². The predicted molar refractivity (Wildman–Crippen MR) is 143 cm³/mol. The largest absolute Gasteiger partial charge is 0.363 e. The molecule has 0 bridgehead atoms. The second-order valence-electron chi connectivity index (χ2n) is 10.6. The maximum absolute atomic E-state index is 7.17. The number of halogens is 1. The number of allylic oxidation sites excluding steroid dienone is 2. The van der Waals surface area contributed by atoms with E-state index in [2.05, 4.69) is 75.6 Å². The van der Waals surface area contributed by atoms with Crippen LogP contribution in [0.1, 0.15) is 65.7 Å². The van der Waals surface area contributed by atoms with Crippen LogP contribution in [0.5, 0.6) is 0 Å². The zero-order valence-electron chi connectivity index (χ0n) is 21.1. The average molecular weight is 497 g/mol. The van der Waals surface area contributed by atoms with Gasteiger partial charge in [-0.1, -0.05) is 31.2 Å². The van der Waals surface area contributed by atoms with Crippen molar-refractivity contribution >= 4 is 23.1 Å². The second kappa shape index (κ2) is 7.32. The van der Waals surface area contributed by atoms with Crippen LogP contribution in [0.15, 0.2) is 48.9 Å². The molecule has 2 atom stereocenters. The molecule has 1 aromatic carbocycles. The number of aromatic amines is 1. The highest BCUT2D eigenvalue weighted by atomic mass is 35.5. The van der Waals surface area contributed by atoms with E-state index in [1.807, 2.05) is 25.5 Å². The van der Waals surface area contributed by atoms with Crippen LogP contribution in [0.4, 0.5) is 5.95 Å². The SMILES string of the molecule is CCc1cccc2c1-n1nc3c(c1C1(C)C2=CC(C)(Cl)c2[nH]ccc21)CN(c1ncc(C)cn1)CC3. The van der Waals surface area contributed by atoms with Crippen LogP contribution in [0.2, 0.25) is 0 Å². The van der Waals surface area contributed by atoms with Gasteiger partial charge in [0.1, 0.15) is 4.87 Å². The average Bonchev–Trinajstić information content (AvgIpc) is 3.52. The Kier molecular flexibility index (Phi) is 4.45. The number of alkyl halides is 1. The number of para-hydroxylation sites is 1. The van der Waals surface area contributed by atoms with Crippen molar-refractivity contribution in [1.82, 2.24) is 24.7 Å². The summed E-state index contributed by atoms with van der Waals surface area (Å²) in [4.78, 5) is 14.4. The van der Waals surface area contributed by atoms with Crippen LogP contribution in [0.25, 0.3) is 11.3 Å². The van der Waals surface area contributed by atoms with Gasteiger partial charge in [-0.2, -0.15) is 5.10 Å². The molecule has 7 rings (SSSR count). The summed E-state index contributed by atoms with van der Waals surface area (Å²) in [6.45, 7) is 10.2. The first kappa shape index (κ1) is 21.9. The number of fused-ring (bicyclic) bond motifs is 10. The summed E-state index contributed by atoms with van der Waals surface area (Å²) in [6.07, 6.45) is 9.87. The highest BCUT2D eigenvalue weighted by Gasteiger charge is 2.51. The van der Waals surface area contributed by atoms with Crippen LogP contribution in [0.3, 0.4) is 0 Å². The summed E-state index contributed by atoms with van der Waals surface area (Å²) >= 11 is 7.17. The third kappa shape index (κ3) is 2.76. The van der Waals surface area contributed by atoms with Gasteiger partial charge in [-0.25, -0.2) is 14.6 Å². The Balaban J connectivity index is 1.51. The molecule has 6 nitrogen and oxygen atoms in total. The van der Waals surface area contributed by atoms with E-state index in [0.29, 0.717) is 0 Å². The van der Waals surface area contributed by atoms with Crippen LogP contribution < -0.4 is 4.90 Å². The van der Waals surface area contributed by atoms with Crippen LogP contribution in [-0.2, 0) is 29.7 Å². The quantitative estimate of drug-likeness (QED) is 0.367. The van der Waals surface area contributed by atoms with Crippen molar-refractivity contribution in [2.45, 2.75) is 57.4 Å². The summed E-state index contributed by atoms with van der Waals surface area (Å²) in [5, 5.41) is 5.29. The molecule has 0 saturated carbocycles. The molecular formula is C29H29ClN6. The van der Waals surface area contributed by atoms with Gasteiger partial charge < -0.3 is 9.88 Å². The first-order chi connectivity index (χ1) is 17.3. The van der Waals surface area contributed by atoms with Crippen molar-refractivity contribution in [1.29, 1.82) is 0 Å². The monoisotopic (exact) mass is 496 g/mol. The van der Waals surface area contributed by atoms with E-state index >= 15 is 0 Å². The van der Waals surface area contributed by atoms with Gasteiger partial charge in [-0.15, -0.1) is 11.6 Å². The van der Waals surface area contributed by atoms with Crippen molar-refractivity contribution in [3.05, 3.63) is 93.8 Å². The highest BCUT2D eigenvalue weighted by Crippen LogP contribution is 2.58. The lowest BCUT2D eigenvalue weighted by Crippen LogP contribution is -2.41. The minimum absolute atomic E-state index is 0.388. The molecule has 0 fully saturated rings. The van der Waals surface area contributed by atoms with Gasteiger partial charge in [0.2, 0.25) is 5.95 Å². The van der Waals surface area contributed by atoms with E-state index < -0.39 is 4.87 Å². The number of aromatic nitrogens is 5. The van der Waals surface area contributed by atoms with Gasteiger partial charge in [-0.05, 0) is 55.5 Å². The number of benzene rings is 1. The lowest BCUT2D eigenvalue weighted by atomic mass is 9.63. The fraction of sp³-hybridized carbons (Fsp3) is 0.345. The molecule has 182 valence electrons. The fourth-order valence-electron chi connectivity index (χ4n) is 6.54. The van der Waals surface area contributed by atoms with Crippen LogP contribution in [-0.4, -0.2) is 31.3 Å². The number of anilines is 1. The van der Waals surface area contributed by atoms with Crippen molar-refractivity contribution in [3.63, 3.8) is 0 Å². The summed E-state index contributed by atoms with van der Waals surface area (Å²) in [5.41, 5.74) is 11.6. The van der Waals surface area contributed by atoms with Crippen molar-refractivity contribution in [2.75, 3.05) is 11.4 Å². The smallest absolute Gasteiger partial charge is 0.225 e. The number of aryl methyl sites for hydroxylation is 2. The first-order valence-corrected chi connectivity index (χ1v) is 13.1. The summed E-state index contributed by atoms with van der Waals surface area (Å²) < 4.78 is 2.25. The molecule has 0 amide bonds. The Hall–Kier alpha value is -3.38. The van der Waals surface area contributed by atoms with E-state index in [1.165, 1.54) is 44.9 Å². The lowest BCUT2D eigenvalue weighted by Gasteiger charge is -2.45. The van der Waals surface area contributed by atoms with Gasteiger partial charge in [0.05, 0.1) is 22.5 Å². The Morgan fingerprint density at radius 1 is 1.14 bits per heavy atom. The zero-order chi connectivity index (χ0) is 24.8. The third-order valence-corrected chi connectivity index (χ3v) is 8.59. The molecule has 3 aromatic heterocycles. The van der Waals surface area contributed by atoms with Crippen LogP contribution in [0, 0.1) is 6.92 Å². The molecule has 1 N–H and O–H groups in total. The number of rotatable bonds is 2. The summed E-state index contributed by atoms with van der Waals surface area (Å²) in [5.74, 6) is 0.775. The topological polar surface area (TPSA) is 62.6 Å². The molecule has 2 aliphatic heterocycles. The second-order valence-corrected chi connectivity index (χ2v) is 11.4. The standard InChI is InChI=1S/C29H29ClN6/c1-5-18-7-6-8-19-22-13-28(3,30)25-21(9-11-31-25)29(22,4)26-20-16-35(27-32-14-17(2)15-33-27)12-10-23(20)34-36(26)24(18)19/h6-9,11,13-15,31H,5,10,12,16H2,1-4H3. The predicted octanol–water partition coefficient (Wildman–Crippen LogP) is 5.59. The van der Waals surface area contributed by atoms with E-state index in [9.17, 15) is 0 Å². The fourth-order valence-corrected chi connectivity index (χ4v) is 6.80. The molecule has 0 saturated heterocycles. The molecule has 1 aliphatic carbocycles. The van der Waals surface area contributed by atoms with E-state index in [4.69, 9.17) is 16.7 Å². The number of hydrogen-bond donors (Lipinski definition) is 1. The molecule has 7 heteroatoms. The molecule has 0 spiro atoms. The van der Waals surface area contributed by atoms with E-state index in [1.54, 1.807) is 0 Å². The first-order valence-electron chi connectivity index (χ1n) is 12.7.